The van der Waals surface area contributed by atoms with Gasteiger partial charge in [-0.15, -0.1) is 0 Å². The van der Waals surface area contributed by atoms with Gasteiger partial charge in [0.1, 0.15) is 5.82 Å². The Kier molecular flexibility index (Phi) is 6.37. The summed E-state index contributed by atoms with van der Waals surface area (Å²) in [6, 6.07) is 5.79. The van der Waals surface area contributed by atoms with Gasteiger partial charge in [0, 0.05) is 12.6 Å². The number of hydrogen-bond acceptors (Lipinski definition) is 6. The SMILES string of the molecule is COC(=O)c1c(F)c(C(=O)O)nc2ccnn12.NCc1ccc(F)c(Cl)c1. The van der Waals surface area contributed by atoms with Crippen LogP contribution in [0.3, 0.4) is 0 Å². The first-order valence-electron chi connectivity index (χ1n) is 7.29. The number of methoxy groups -OCH3 is 1. The normalized spacial score (nSPS) is 10.3. The zero-order chi connectivity index (χ0) is 20.1. The first kappa shape index (κ1) is 20.2. The number of carboxylic acids is 1. The number of carbonyl (C=O) groups excluding carboxylic acids is 1. The minimum absolute atomic E-state index is 0.0456. The minimum Gasteiger partial charge on any atom is -0.476 e. The fourth-order valence-corrected chi connectivity index (χ4v) is 2.21. The Hall–Kier alpha value is -3.11. The lowest BCUT2D eigenvalue weighted by atomic mass is 10.2. The second-order valence-corrected chi connectivity index (χ2v) is 5.38. The maximum atomic E-state index is 13.8. The third-order valence-electron chi connectivity index (χ3n) is 3.28. The summed E-state index contributed by atoms with van der Waals surface area (Å²) in [6.07, 6.45) is 1.26. The highest BCUT2D eigenvalue weighted by molar-refractivity contribution is 6.30. The van der Waals surface area contributed by atoms with Gasteiger partial charge in [0.15, 0.2) is 22.9 Å². The number of hydrogen-bond donors (Lipinski definition) is 2. The van der Waals surface area contributed by atoms with E-state index in [-0.39, 0.29) is 10.7 Å². The summed E-state index contributed by atoms with van der Waals surface area (Å²) in [7, 11) is 1.05. The highest BCUT2D eigenvalue weighted by Gasteiger charge is 2.25. The van der Waals surface area contributed by atoms with Crippen LogP contribution in [0.5, 0.6) is 0 Å². The predicted octanol–water partition coefficient (Wildman–Crippen LogP) is 2.29. The molecular formula is C16H13ClF2N4O4. The molecular weight excluding hydrogens is 386 g/mol. The summed E-state index contributed by atoms with van der Waals surface area (Å²) < 4.78 is 31.5. The third-order valence-corrected chi connectivity index (χ3v) is 3.57. The van der Waals surface area contributed by atoms with Gasteiger partial charge in [0.2, 0.25) is 0 Å². The molecule has 0 saturated heterocycles. The molecule has 0 atom stereocenters. The van der Waals surface area contributed by atoms with Crippen LogP contribution in [-0.4, -0.2) is 38.8 Å². The number of rotatable bonds is 3. The van der Waals surface area contributed by atoms with Gasteiger partial charge in [-0.05, 0) is 17.7 Å². The molecule has 0 bridgehead atoms. The van der Waals surface area contributed by atoms with Crippen molar-refractivity contribution in [3.05, 3.63) is 64.1 Å². The van der Waals surface area contributed by atoms with Crippen LogP contribution >= 0.6 is 11.6 Å². The van der Waals surface area contributed by atoms with Crippen LogP contribution in [0.25, 0.3) is 5.65 Å². The molecule has 1 aromatic carbocycles. The van der Waals surface area contributed by atoms with Crippen LogP contribution in [-0.2, 0) is 11.3 Å². The van der Waals surface area contributed by atoms with Crippen molar-refractivity contribution in [3.63, 3.8) is 0 Å². The van der Waals surface area contributed by atoms with Crippen LogP contribution in [0, 0.1) is 11.6 Å². The number of nitrogens with two attached hydrogens (primary N) is 1. The lowest BCUT2D eigenvalue weighted by Gasteiger charge is -2.05. The van der Waals surface area contributed by atoms with E-state index in [2.05, 4.69) is 14.8 Å². The first-order valence-corrected chi connectivity index (χ1v) is 7.66. The summed E-state index contributed by atoms with van der Waals surface area (Å²) in [4.78, 5) is 25.7. The van der Waals surface area contributed by atoms with Gasteiger partial charge in [-0.1, -0.05) is 17.7 Å². The molecule has 0 aliphatic heterocycles. The number of nitrogens with zero attached hydrogens (tertiary/aromatic N) is 3. The van der Waals surface area contributed by atoms with E-state index >= 15 is 0 Å². The van der Waals surface area contributed by atoms with Crippen LogP contribution in [0.1, 0.15) is 26.5 Å². The van der Waals surface area contributed by atoms with Crippen LogP contribution < -0.4 is 5.73 Å². The molecule has 0 saturated carbocycles. The molecule has 0 spiro atoms. The van der Waals surface area contributed by atoms with E-state index in [4.69, 9.17) is 22.4 Å². The topological polar surface area (TPSA) is 120 Å². The molecule has 2 heterocycles. The third kappa shape index (κ3) is 4.36. The number of carboxylic acid groups (broad SMARTS) is 1. The van der Waals surface area contributed by atoms with E-state index < -0.39 is 35.0 Å². The zero-order valence-corrected chi connectivity index (χ0v) is 14.6. The van der Waals surface area contributed by atoms with Gasteiger partial charge in [-0.3, -0.25) is 0 Å². The molecule has 0 aliphatic rings. The van der Waals surface area contributed by atoms with Gasteiger partial charge in [0.05, 0.1) is 18.3 Å². The molecule has 0 fully saturated rings. The first-order chi connectivity index (χ1) is 12.8. The van der Waals surface area contributed by atoms with E-state index in [1.807, 2.05) is 0 Å². The van der Waals surface area contributed by atoms with Crippen molar-refractivity contribution in [2.45, 2.75) is 6.54 Å². The van der Waals surface area contributed by atoms with E-state index in [9.17, 15) is 18.4 Å². The molecule has 2 aromatic heterocycles. The molecule has 0 amide bonds. The summed E-state index contributed by atoms with van der Waals surface area (Å²) in [5.74, 6) is -4.28. The Bertz CT molecular complexity index is 1010. The number of benzene rings is 1. The number of ether oxygens (including phenoxy) is 1. The van der Waals surface area contributed by atoms with Crippen molar-refractivity contribution in [1.82, 2.24) is 14.6 Å². The lowest BCUT2D eigenvalue weighted by Crippen LogP contribution is -2.18. The Morgan fingerprint density at radius 2 is 2.04 bits per heavy atom. The second-order valence-electron chi connectivity index (χ2n) is 4.97. The van der Waals surface area contributed by atoms with Gasteiger partial charge in [0.25, 0.3) is 0 Å². The van der Waals surface area contributed by atoms with Crippen molar-refractivity contribution in [2.75, 3.05) is 7.11 Å². The van der Waals surface area contributed by atoms with E-state index in [1.54, 1.807) is 6.07 Å². The smallest absolute Gasteiger partial charge is 0.359 e. The lowest BCUT2D eigenvalue weighted by molar-refractivity contribution is 0.0583. The Balaban J connectivity index is 0.000000223. The highest BCUT2D eigenvalue weighted by Crippen LogP contribution is 2.15. The van der Waals surface area contributed by atoms with Gasteiger partial charge in [-0.25, -0.2) is 27.9 Å². The molecule has 3 rings (SSSR count). The fourth-order valence-electron chi connectivity index (χ4n) is 2.00. The minimum atomic E-state index is -1.57. The zero-order valence-electron chi connectivity index (χ0n) is 13.8. The molecule has 0 unspecified atom stereocenters. The number of esters is 1. The molecule has 0 radical (unpaired) electrons. The van der Waals surface area contributed by atoms with Crippen molar-refractivity contribution in [1.29, 1.82) is 0 Å². The number of aromatic carboxylic acids is 1. The van der Waals surface area contributed by atoms with E-state index in [0.29, 0.717) is 6.54 Å². The van der Waals surface area contributed by atoms with E-state index in [1.165, 1.54) is 24.4 Å². The molecule has 27 heavy (non-hydrogen) atoms. The Morgan fingerprint density at radius 1 is 1.33 bits per heavy atom. The molecule has 8 nitrogen and oxygen atoms in total. The number of carbonyl (C=O) groups is 2. The monoisotopic (exact) mass is 398 g/mol. The van der Waals surface area contributed by atoms with Crippen LogP contribution in [0.2, 0.25) is 5.02 Å². The van der Waals surface area contributed by atoms with Crippen molar-refractivity contribution >= 4 is 29.2 Å². The average Bonchev–Trinajstić information content (AvgIpc) is 3.11. The maximum Gasteiger partial charge on any atom is 0.359 e. The fraction of sp³-hybridized carbons (Fsp3) is 0.125. The molecule has 3 aromatic rings. The standard InChI is InChI=1S/C9H6FN3O4.C7H7ClFN/c1-17-9(16)7-5(10)6(8(14)15)12-4-2-3-11-13(4)7;8-6-3-5(4-10)1-2-7(6)9/h2-3H,1H3,(H,14,15);1-3H,4,10H2. The quantitative estimate of drug-likeness (QED) is 0.649. The highest BCUT2D eigenvalue weighted by atomic mass is 35.5. The summed E-state index contributed by atoms with van der Waals surface area (Å²) >= 11 is 5.46. The number of fused-ring (bicyclic) bond motifs is 1. The maximum absolute atomic E-state index is 13.8. The average molecular weight is 399 g/mol. The molecule has 0 aliphatic carbocycles. The van der Waals surface area contributed by atoms with Gasteiger partial charge < -0.3 is 15.6 Å². The van der Waals surface area contributed by atoms with Crippen LogP contribution in [0.4, 0.5) is 8.78 Å². The van der Waals surface area contributed by atoms with Crippen molar-refractivity contribution in [2.24, 2.45) is 5.73 Å². The van der Waals surface area contributed by atoms with Gasteiger partial charge >= 0.3 is 11.9 Å². The summed E-state index contributed by atoms with van der Waals surface area (Å²) in [5.41, 5.74) is 4.73. The van der Waals surface area contributed by atoms with Crippen molar-refractivity contribution < 1.29 is 28.2 Å². The number of halogens is 3. The predicted molar refractivity (Wildman–Crippen MR) is 90.5 cm³/mol. The Labute approximate surface area is 156 Å². The molecule has 3 N–H and O–H groups in total. The van der Waals surface area contributed by atoms with Gasteiger partial charge in [-0.2, -0.15) is 5.10 Å². The van der Waals surface area contributed by atoms with E-state index in [0.717, 1.165) is 17.2 Å². The largest absolute Gasteiger partial charge is 0.476 e. The molecule has 142 valence electrons. The second kappa shape index (κ2) is 8.52. The summed E-state index contributed by atoms with van der Waals surface area (Å²) in [6.45, 7) is 0.389. The summed E-state index contributed by atoms with van der Waals surface area (Å²) in [5, 5.41) is 12.6. The number of aromatic nitrogens is 3. The molecule has 11 heteroatoms. The van der Waals surface area contributed by atoms with Crippen LogP contribution in [0.15, 0.2) is 30.5 Å². The Morgan fingerprint density at radius 3 is 2.59 bits per heavy atom. The van der Waals surface area contributed by atoms with Crippen molar-refractivity contribution in [3.8, 4) is 0 Å².